The molecule has 0 unspecified atom stereocenters. The predicted octanol–water partition coefficient (Wildman–Crippen LogP) is 6.53. The molecule has 0 radical (unpaired) electrons. The number of halogens is 4. The SMILES string of the molecule is CCCCCCCCCC(=O)N[C@H](NC(=S)Nc1ccc(I)cc1)C(Cl)(Cl)Cl. The molecule has 0 heterocycles. The van der Waals surface area contributed by atoms with Gasteiger partial charge in [-0.2, -0.15) is 0 Å². The standard InChI is InChI=1S/C19H27Cl3IN3OS/c1-2-3-4-5-6-7-8-9-16(27)25-17(19(20,21)22)26-18(28)24-15-12-10-14(23)11-13-15/h10-13,17H,2-9H2,1H3,(H,25,27)(H2,24,26,28)/t17-/m1/s1. The molecule has 1 aromatic carbocycles. The first kappa shape index (κ1) is 26.0. The molecular weight excluding hydrogens is 552 g/mol. The van der Waals surface area contributed by atoms with Crippen LogP contribution in [0, 0.1) is 3.57 Å². The number of benzene rings is 1. The lowest BCUT2D eigenvalue weighted by Crippen LogP contribution is -2.56. The quantitative estimate of drug-likeness (QED) is 0.0919. The smallest absolute Gasteiger partial charge is 0.228 e. The monoisotopic (exact) mass is 577 g/mol. The highest BCUT2D eigenvalue weighted by Crippen LogP contribution is 2.29. The first-order valence-corrected chi connectivity index (χ1v) is 12.0. The molecule has 0 spiro atoms. The van der Waals surface area contributed by atoms with Crippen LogP contribution in [0.5, 0.6) is 0 Å². The fraction of sp³-hybridized carbons (Fsp3) is 0.579. The van der Waals surface area contributed by atoms with E-state index in [9.17, 15) is 4.79 Å². The zero-order valence-electron chi connectivity index (χ0n) is 15.9. The second kappa shape index (κ2) is 14.1. The van der Waals surface area contributed by atoms with Gasteiger partial charge in [-0.1, -0.05) is 80.3 Å². The fourth-order valence-electron chi connectivity index (χ4n) is 2.51. The number of hydrogen-bond acceptors (Lipinski definition) is 2. The van der Waals surface area contributed by atoms with E-state index in [-0.39, 0.29) is 11.0 Å². The maximum absolute atomic E-state index is 12.2. The highest BCUT2D eigenvalue weighted by molar-refractivity contribution is 14.1. The van der Waals surface area contributed by atoms with Gasteiger partial charge in [0.25, 0.3) is 0 Å². The van der Waals surface area contributed by atoms with E-state index in [1.54, 1.807) is 0 Å². The van der Waals surface area contributed by atoms with E-state index in [1.807, 2.05) is 24.3 Å². The molecule has 1 amide bonds. The zero-order chi connectivity index (χ0) is 21.0. The number of amides is 1. The molecular formula is C19H27Cl3IN3OS. The van der Waals surface area contributed by atoms with Gasteiger partial charge in [0, 0.05) is 15.7 Å². The molecule has 0 aliphatic carbocycles. The number of alkyl halides is 3. The van der Waals surface area contributed by atoms with Crippen molar-refractivity contribution >= 4 is 86.3 Å². The molecule has 4 nitrogen and oxygen atoms in total. The van der Waals surface area contributed by atoms with Crippen LogP contribution in [0.2, 0.25) is 0 Å². The summed E-state index contributed by atoms with van der Waals surface area (Å²) in [6.07, 6.45) is 7.41. The molecule has 0 aromatic heterocycles. The number of hydrogen-bond donors (Lipinski definition) is 3. The Kier molecular flexibility index (Phi) is 13.1. The van der Waals surface area contributed by atoms with Crippen LogP contribution < -0.4 is 16.0 Å². The Balaban J connectivity index is 2.42. The molecule has 1 aromatic rings. The fourth-order valence-corrected chi connectivity index (χ4v) is 3.43. The van der Waals surface area contributed by atoms with E-state index >= 15 is 0 Å². The summed E-state index contributed by atoms with van der Waals surface area (Å²) < 4.78 is -0.632. The second-order valence-corrected chi connectivity index (χ2v) is 10.5. The number of thiocarbonyl (C=S) groups is 1. The van der Waals surface area contributed by atoms with E-state index in [4.69, 9.17) is 47.0 Å². The van der Waals surface area contributed by atoms with Gasteiger partial charge in [0.1, 0.15) is 6.17 Å². The number of nitrogens with one attached hydrogen (secondary N) is 3. The lowest BCUT2D eigenvalue weighted by molar-refractivity contribution is -0.122. The Morgan fingerprint density at radius 3 is 2.18 bits per heavy atom. The summed E-state index contributed by atoms with van der Waals surface area (Å²) in [5.41, 5.74) is 0.801. The number of rotatable bonds is 11. The van der Waals surface area contributed by atoms with Crippen molar-refractivity contribution in [2.24, 2.45) is 0 Å². The summed E-state index contributed by atoms with van der Waals surface area (Å²) in [5, 5.41) is 8.86. The summed E-state index contributed by atoms with van der Waals surface area (Å²) >= 11 is 25.5. The Morgan fingerprint density at radius 2 is 1.61 bits per heavy atom. The molecule has 3 N–H and O–H groups in total. The van der Waals surface area contributed by atoms with Crippen molar-refractivity contribution in [1.82, 2.24) is 10.6 Å². The largest absolute Gasteiger partial charge is 0.339 e. The lowest BCUT2D eigenvalue weighted by Gasteiger charge is -2.27. The molecule has 1 rings (SSSR count). The third-order valence-electron chi connectivity index (χ3n) is 4.02. The van der Waals surface area contributed by atoms with Gasteiger partial charge in [-0.3, -0.25) is 4.79 Å². The summed E-state index contributed by atoms with van der Waals surface area (Å²) in [5.74, 6) is -0.172. The van der Waals surface area contributed by atoms with Crippen LogP contribution >= 0.6 is 69.6 Å². The Bertz CT molecular complexity index is 611. The molecule has 0 fully saturated rings. The Hall–Kier alpha value is -0.0200. The molecule has 1 atom stereocenters. The lowest BCUT2D eigenvalue weighted by atomic mass is 10.1. The van der Waals surface area contributed by atoms with E-state index in [1.165, 1.54) is 25.7 Å². The summed E-state index contributed by atoms with van der Waals surface area (Å²) in [4.78, 5) is 12.2. The van der Waals surface area contributed by atoms with Crippen molar-refractivity contribution in [2.45, 2.75) is 68.2 Å². The molecule has 0 bridgehead atoms. The third-order valence-corrected chi connectivity index (χ3v) is 5.61. The van der Waals surface area contributed by atoms with Crippen LogP contribution in [0.15, 0.2) is 24.3 Å². The van der Waals surface area contributed by atoms with Crippen LogP contribution in [0.25, 0.3) is 0 Å². The summed E-state index contributed by atoms with van der Waals surface area (Å²) in [7, 11) is 0. The average molecular weight is 579 g/mol. The first-order valence-electron chi connectivity index (χ1n) is 9.41. The van der Waals surface area contributed by atoms with Crippen molar-refractivity contribution in [1.29, 1.82) is 0 Å². The van der Waals surface area contributed by atoms with Crippen molar-refractivity contribution in [3.05, 3.63) is 27.8 Å². The van der Waals surface area contributed by atoms with Crippen molar-refractivity contribution in [3.63, 3.8) is 0 Å². The summed E-state index contributed by atoms with van der Waals surface area (Å²) in [6, 6.07) is 7.67. The minimum Gasteiger partial charge on any atom is -0.339 e. The van der Waals surface area contributed by atoms with Gasteiger partial charge in [0.2, 0.25) is 9.70 Å². The number of carbonyl (C=O) groups excluding carboxylic acids is 1. The van der Waals surface area contributed by atoms with Gasteiger partial charge < -0.3 is 16.0 Å². The Labute approximate surface area is 202 Å². The molecule has 28 heavy (non-hydrogen) atoms. The highest BCUT2D eigenvalue weighted by Gasteiger charge is 2.34. The maximum Gasteiger partial charge on any atom is 0.228 e. The minimum absolute atomic E-state index is 0.172. The topological polar surface area (TPSA) is 53.2 Å². The van der Waals surface area contributed by atoms with Crippen molar-refractivity contribution in [2.75, 3.05) is 5.32 Å². The predicted molar refractivity (Wildman–Crippen MR) is 133 cm³/mol. The minimum atomic E-state index is -1.74. The molecule has 0 saturated heterocycles. The molecule has 0 aliphatic rings. The van der Waals surface area contributed by atoms with Crippen LogP contribution in [0.3, 0.4) is 0 Å². The van der Waals surface area contributed by atoms with E-state index in [0.717, 1.165) is 28.5 Å². The molecule has 0 aliphatic heterocycles. The van der Waals surface area contributed by atoms with E-state index in [0.29, 0.717) is 6.42 Å². The van der Waals surface area contributed by atoms with Gasteiger partial charge in [-0.05, 0) is 65.5 Å². The van der Waals surface area contributed by atoms with Gasteiger partial charge in [-0.25, -0.2) is 0 Å². The number of carbonyl (C=O) groups is 1. The van der Waals surface area contributed by atoms with E-state index in [2.05, 4.69) is 45.5 Å². The van der Waals surface area contributed by atoms with E-state index < -0.39 is 9.96 Å². The zero-order valence-corrected chi connectivity index (χ0v) is 21.1. The first-order chi connectivity index (χ1) is 13.2. The number of anilines is 1. The van der Waals surface area contributed by atoms with Crippen molar-refractivity contribution < 1.29 is 4.79 Å². The Morgan fingerprint density at radius 1 is 1.04 bits per heavy atom. The van der Waals surface area contributed by atoms with Gasteiger partial charge >= 0.3 is 0 Å². The van der Waals surface area contributed by atoms with Gasteiger partial charge in [0.05, 0.1) is 0 Å². The summed E-state index contributed by atoms with van der Waals surface area (Å²) in [6.45, 7) is 2.20. The third kappa shape index (κ3) is 11.9. The van der Waals surface area contributed by atoms with Crippen LogP contribution in [-0.4, -0.2) is 21.0 Å². The average Bonchev–Trinajstić information content (AvgIpc) is 2.61. The number of unbranched alkanes of at least 4 members (excludes halogenated alkanes) is 6. The van der Waals surface area contributed by atoms with Crippen LogP contribution in [-0.2, 0) is 4.79 Å². The van der Waals surface area contributed by atoms with Gasteiger partial charge in [-0.15, -0.1) is 0 Å². The normalized spacial score (nSPS) is 12.3. The van der Waals surface area contributed by atoms with Gasteiger partial charge in [0.15, 0.2) is 5.11 Å². The second-order valence-electron chi connectivity index (χ2n) is 6.52. The highest BCUT2D eigenvalue weighted by atomic mass is 127. The van der Waals surface area contributed by atoms with Crippen LogP contribution in [0.1, 0.15) is 58.3 Å². The maximum atomic E-state index is 12.2. The van der Waals surface area contributed by atoms with Crippen molar-refractivity contribution in [3.8, 4) is 0 Å². The molecule has 0 saturated carbocycles. The molecule has 9 heteroatoms. The molecule has 158 valence electrons. The van der Waals surface area contributed by atoms with Crippen LogP contribution in [0.4, 0.5) is 5.69 Å².